The summed E-state index contributed by atoms with van der Waals surface area (Å²) >= 11 is 0. The molecule has 0 fully saturated rings. The summed E-state index contributed by atoms with van der Waals surface area (Å²) in [5.74, 6) is 1.84. The van der Waals surface area contributed by atoms with E-state index in [0.717, 1.165) is 17.7 Å². The van der Waals surface area contributed by atoms with Gasteiger partial charge in [0.15, 0.2) is 0 Å². The maximum Gasteiger partial charge on any atom is 0.130 e. The maximum absolute atomic E-state index is 13.3. The Morgan fingerprint density at radius 2 is 1.76 bits per heavy atom. The fraction of sp³-hybridized carbons (Fsp3) is 0.294. The van der Waals surface area contributed by atoms with Crippen LogP contribution in [-0.4, -0.2) is 13.2 Å². The molecule has 0 aliphatic heterocycles. The zero-order valence-electron chi connectivity index (χ0n) is 12.1. The van der Waals surface area contributed by atoms with Crippen LogP contribution in [0.25, 0.3) is 0 Å². The number of hydrogen-bond donors (Lipinski definition) is 1. The van der Waals surface area contributed by atoms with E-state index in [1.165, 1.54) is 12.1 Å². The van der Waals surface area contributed by atoms with Crippen molar-refractivity contribution in [3.63, 3.8) is 0 Å². The van der Waals surface area contributed by atoms with Gasteiger partial charge in [0, 0.05) is 0 Å². The quantitative estimate of drug-likeness (QED) is 0.840. The average Bonchev–Trinajstić information content (AvgIpc) is 2.49. The van der Waals surface area contributed by atoms with Gasteiger partial charge in [0.05, 0.1) is 6.61 Å². The molecule has 0 amide bonds. The van der Waals surface area contributed by atoms with Gasteiger partial charge in [-0.2, -0.15) is 0 Å². The Hall–Kier alpha value is -2.07. The number of benzene rings is 2. The molecule has 0 heterocycles. The molecule has 21 heavy (non-hydrogen) atoms. The zero-order valence-corrected chi connectivity index (χ0v) is 12.1. The van der Waals surface area contributed by atoms with E-state index in [0.29, 0.717) is 31.1 Å². The third-order valence-electron chi connectivity index (χ3n) is 2.96. The monoisotopic (exact) mass is 289 g/mol. The summed E-state index contributed by atoms with van der Waals surface area (Å²) in [6.45, 7) is 3.20. The number of hydrogen-bond acceptors (Lipinski definition) is 3. The Balaban J connectivity index is 2.10. The van der Waals surface area contributed by atoms with Crippen molar-refractivity contribution >= 4 is 0 Å². The highest BCUT2D eigenvalue weighted by Gasteiger charge is 2.06. The van der Waals surface area contributed by atoms with Crippen LogP contribution in [0.15, 0.2) is 42.5 Å². The summed E-state index contributed by atoms with van der Waals surface area (Å²) in [7, 11) is 0. The van der Waals surface area contributed by atoms with Crippen LogP contribution in [0.4, 0.5) is 4.39 Å². The molecule has 2 aromatic rings. The van der Waals surface area contributed by atoms with Gasteiger partial charge in [-0.15, -0.1) is 0 Å². The van der Waals surface area contributed by atoms with Gasteiger partial charge in [-0.05, 0) is 67.4 Å². The smallest absolute Gasteiger partial charge is 0.130 e. The van der Waals surface area contributed by atoms with E-state index in [2.05, 4.69) is 6.92 Å². The summed E-state index contributed by atoms with van der Waals surface area (Å²) in [6.07, 6.45) is 1.54. The zero-order chi connectivity index (χ0) is 15.1. The molecule has 0 unspecified atom stereocenters. The number of halogens is 1. The van der Waals surface area contributed by atoms with E-state index in [-0.39, 0.29) is 5.82 Å². The summed E-state index contributed by atoms with van der Waals surface area (Å²) in [5, 5.41) is 0. The van der Waals surface area contributed by atoms with Crippen molar-refractivity contribution in [1.29, 1.82) is 0 Å². The van der Waals surface area contributed by atoms with E-state index in [1.54, 1.807) is 6.07 Å². The van der Waals surface area contributed by atoms with Gasteiger partial charge >= 0.3 is 0 Å². The van der Waals surface area contributed by atoms with Crippen LogP contribution in [0.5, 0.6) is 17.2 Å². The van der Waals surface area contributed by atoms with Gasteiger partial charge in [-0.1, -0.05) is 6.92 Å². The first-order chi connectivity index (χ1) is 10.2. The molecule has 3 nitrogen and oxygen atoms in total. The molecule has 4 heteroatoms. The molecule has 2 N–H and O–H groups in total. The fourth-order valence-corrected chi connectivity index (χ4v) is 1.95. The molecule has 0 saturated carbocycles. The van der Waals surface area contributed by atoms with E-state index in [1.807, 2.05) is 24.3 Å². The van der Waals surface area contributed by atoms with Crippen molar-refractivity contribution in [3.8, 4) is 17.2 Å². The van der Waals surface area contributed by atoms with Crippen LogP contribution in [0.2, 0.25) is 0 Å². The van der Waals surface area contributed by atoms with Crippen LogP contribution in [-0.2, 0) is 6.42 Å². The van der Waals surface area contributed by atoms with Crippen molar-refractivity contribution in [2.24, 2.45) is 5.73 Å². The van der Waals surface area contributed by atoms with Crippen LogP contribution >= 0.6 is 0 Å². The predicted octanol–water partition coefficient (Wildman–Crippen LogP) is 3.91. The first-order valence-corrected chi connectivity index (χ1v) is 7.12. The molecule has 0 bridgehead atoms. The third kappa shape index (κ3) is 4.46. The van der Waals surface area contributed by atoms with Crippen LogP contribution < -0.4 is 15.2 Å². The first kappa shape index (κ1) is 15.3. The molecule has 2 aromatic carbocycles. The van der Waals surface area contributed by atoms with Gasteiger partial charge < -0.3 is 15.2 Å². The average molecular weight is 289 g/mol. The maximum atomic E-state index is 13.3. The minimum absolute atomic E-state index is 0.283. The molecule has 0 aliphatic rings. The highest BCUT2D eigenvalue weighted by atomic mass is 19.1. The molecule has 0 aliphatic carbocycles. The second kappa shape index (κ2) is 7.64. The second-order valence-electron chi connectivity index (χ2n) is 4.71. The Kier molecular flexibility index (Phi) is 5.58. The van der Waals surface area contributed by atoms with Gasteiger partial charge in [0.25, 0.3) is 0 Å². The lowest BCUT2D eigenvalue weighted by atomic mass is 10.1. The van der Waals surface area contributed by atoms with E-state index in [4.69, 9.17) is 15.2 Å². The first-order valence-electron chi connectivity index (χ1n) is 7.12. The summed E-state index contributed by atoms with van der Waals surface area (Å²) in [5.41, 5.74) is 6.31. The largest absolute Gasteiger partial charge is 0.494 e. The molecule has 112 valence electrons. The van der Waals surface area contributed by atoms with Gasteiger partial charge in [0.2, 0.25) is 0 Å². The van der Waals surface area contributed by atoms with Crippen molar-refractivity contribution in [2.75, 3.05) is 13.2 Å². The van der Waals surface area contributed by atoms with Crippen molar-refractivity contribution in [1.82, 2.24) is 0 Å². The summed E-state index contributed by atoms with van der Waals surface area (Å²) in [6, 6.07) is 11.9. The Morgan fingerprint density at radius 3 is 2.43 bits per heavy atom. The third-order valence-corrected chi connectivity index (χ3v) is 2.96. The Morgan fingerprint density at radius 1 is 1.05 bits per heavy atom. The van der Waals surface area contributed by atoms with Crippen LogP contribution in [0, 0.1) is 5.82 Å². The van der Waals surface area contributed by atoms with Gasteiger partial charge in [-0.25, -0.2) is 4.39 Å². The van der Waals surface area contributed by atoms with Gasteiger partial charge in [0.1, 0.15) is 23.1 Å². The summed E-state index contributed by atoms with van der Waals surface area (Å²) in [4.78, 5) is 0. The normalized spacial score (nSPS) is 10.4. The fourth-order valence-electron chi connectivity index (χ4n) is 1.95. The molecule has 0 spiro atoms. The summed E-state index contributed by atoms with van der Waals surface area (Å²) < 4.78 is 24.6. The molecular formula is C17H20FNO2. The van der Waals surface area contributed by atoms with Crippen molar-refractivity contribution in [3.05, 3.63) is 53.8 Å². The van der Waals surface area contributed by atoms with E-state index in [9.17, 15) is 4.39 Å². The van der Waals surface area contributed by atoms with Gasteiger partial charge in [-0.3, -0.25) is 0 Å². The van der Waals surface area contributed by atoms with E-state index < -0.39 is 0 Å². The molecule has 0 radical (unpaired) electrons. The van der Waals surface area contributed by atoms with E-state index >= 15 is 0 Å². The number of rotatable bonds is 7. The lowest BCUT2D eigenvalue weighted by Gasteiger charge is -2.11. The van der Waals surface area contributed by atoms with Crippen molar-refractivity contribution < 1.29 is 13.9 Å². The molecule has 0 saturated heterocycles. The highest BCUT2D eigenvalue weighted by Crippen LogP contribution is 2.27. The molecular weight excluding hydrogens is 269 g/mol. The topological polar surface area (TPSA) is 44.5 Å². The lowest BCUT2D eigenvalue weighted by molar-refractivity contribution is 0.317. The molecule has 0 aromatic heterocycles. The molecule has 2 rings (SSSR count). The Labute approximate surface area is 124 Å². The SMILES string of the molecule is CCCOc1ccc(Oc2ccc(F)cc2CCN)cc1. The molecule has 0 atom stereocenters. The number of ether oxygens (including phenoxy) is 2. The predicted molar refractivity (Wildman–Crippen MR) is 81.5 cm³/mol. The second-order valence-corrected chi connectivity index (χ2v) is 4.71. The standard InChI is InChI=1S/C17H20FNO2/c1-2-11-20-15-4-6-16(7-5-15)21-17-8-3-14(18)12-13(17)9-10-19/h3-8,12H,2,9-11,19H2,1H3. The van der Waals surface area contributed by atoms with Crippen LogP contribution in [0.3, 0.4) is 0 Å². The minimum atomic E-state index is -0.283. The van der Waals surface area contributed by atoms with Crippen LogP contribution in [0.1, 0.15) is 18.9 Å². The van der Waals surface area contributed by atoms with Crippen molar-refractivity contribution in [2.45, 2.75) is 19.8 Å². The Bertz CT molecular complexity index is 570. The number of nitrogens with two attached hydrogens (primary N) is 1. The minimum Gasteiger partial charge on any atom is -0.494 e. The highest BCUT2D eigenvalue weighted by molar-refractivity contribution is 5.40. The lowest BCUT2D eigenvalue weighted by Crippen LogP contribution is -2.04.